The Bertz CT molecular complexity index is 4320. The first-order chi connectivity index (χ1) is 50.5. The number of halogens is 2. The number of amides is 4. The maximum absolute atomic E-state index is 15.3. The monoisotopic (exact) mass is 1530 g/mol. The van der Waals surface area contributed by atoms with Gasteiger partial charge in [0, 0.05) is 53.3 Å². The smallest absolute Gasteiger partial charge is 0.408 e. The highest BCUT2D eigenvalue weighted by molar-refractivity contribution is 6.75. The summed E-state index contributed by atoms with van der Waals surface area (Å²) in [5, 5.41) is 23.3. The van der Waals surface area contributed by atoms with E-state index in [1.54, 1.807) is 111 Å². The zero-order chi connectivity index (χ0) is 80.1. The fourth-order valence-corrected chi connectivity index (χ4v) is 14.6. The van der Waals surface area contributed by atoms with Crippen LogP contribution in [0.4, 0.5) is 29.7 Å². The quantitative estimate of drug-likeness (QED) is 0.0534. The number of nitrogens with one attached hydrogen (secondary N) is 2. The molecule has 0 fully saturated rings. The third-order valence-electron chi connectivity index (χ3n) is 21.2. The van der Waals surface area contributed by atoms with Gasteiger partial charge in [-0.05, 0) is 175 Å². The van der Waals surface area contributed by atoms with Crippen LogP contribution in [0, 0.1) is 11.6 Å². The fraction of sp³-hybridized carbons (Fsp3) is 0.494. The van der Waals surface area contributed by atoms with E-state index in [1.807, 2.05) is 88.4 Å². The molecule has 584 valence electrons. The summed E-state index contributed by atoms with van der Waals surface area (Å²) in [6, 6.07) is 28.3. The number of pyridine rings is 2. The molecule has 4 aromatic heterocycles. The summed E-state index contributed by atoms with van der Waals surface area (Å²) < 4.78 is 69.3. The van der Waals surface area contributed by atoms with E-state index in [9.17, 15) is 18.4 Å². The number of carbonyl (C=O) groups excluding carboxylic acids is 4. The number of anilines is 2. The van der Waals surface area contributed by atoms with Crippen molar-refractivity contribution in [3.63, 3.8) is 0 Å². The number of hydrogen-bond donors (Lipinski definition) is 2. The number of hydrogen-bond acceptors (Lipinski definition) is 16. The van der Waals surface area contributed by atoms with Crippen molar-refractivity contribution in [2.45, 2.75) is 252 Å². The van der Waals surface area contributed by atoms with Crippen LogP contribution in [0.15, 0.2) is 122 Å². The van der Waals surface area contributed by atoms with Gasteiger partial charge >= 0.3 is 12.2 Å². The van der Waals surface area contributed by atoms with Gasteiger partial charge in [0.15, 0.2) is 0 Å². The van der Waals surface area contributed by atoms with Gasteiger partial charge in [-0.15, -0.1) is 10.2 Å². The summed E-state index contributed by atoms with van der Waals surface area (Å²) in [7, 11) is -4.86. The highest BCUT2D eigenvalue weighted by Gasteiger charge is 2.49. The molecule has 22 nitrogen and oxygen atoms in total. The molecule has 4 amide bonds. The van der Waals surface area contributed by atoms with Crippen molar-refractivity contribution >= 4 is 52.0 Å². The van der Waals surface area contributed by atoms with Gasteiger partial charge in [-0.2, -0.15) is 0 Å². The first kappa shape index (κ1) is 81.9. The molecule has 0 aliphatic carbocycles. The van der Waals surface area contributed by atoms with Gasteiger partial charge in [-0.3, -0.25) is 9.59 Å². The predicted molar refractivity (Wildman–Crippen MR) is 423 cm³/mol. The summed E-state index contributed by atoms with van der Waals surface area (Å²) in [5.74, 6) is 0.652. The molecular weight excluding hydrogens is 1420 g/mol. The maximum Gasteiger partial charge on any atom is 0.408 e. The molecule has 2 N–H and O–H groups in total. The lowest BCUT2D eigenvalue weighted by Crippen LogP contribution is -2.53. The van der Waals surface area contributed by atoms with E-state index in [4.69, 9.17) is 37.8 Å². The molecule has 4 atom stereocenters. The van der Waals surface area contributed by atoms with Crippen LogP contribution in [0.1, 0.15) is 207 Å². The summed E-state index contributed by atoms with van der Waals surface area (Å²) in [4.78, 5) is 71.9. The standard InChI is InChI=1S/C83H110F2N12O10Si2/c1-51(67(86-75(100)104-77(3,4)5)73(98)94-49-81(15,16)69-65(94)43-55(41-53-25-33-59(84)34-26-53)71(88-69)106-108(21,22)79(9,10)11)96-45-61(90-92-96)47-102-63-37-29-57(30-38-63)83(19,20)58-31-39-64(40-32-58)103-48-62-46-97(93-91-62)52(2)68(87-76(101)105-78(6,7)8)74(99)95-50-82(17,18)70-66(95)44-56(42-54-27-35-60(85)36-28-54)72(89-70)107-109(23,24)80(12,13)14/h25-40,43-46,51-52,67-68H,41-42,47-50H2,1-24H3,(H,86,100)(H,87,101)/t51-,52-,67+,68+/m1/s1. The van der Waals surface area contributed by atoms with Crippen molar-refractivity contribution in [1.29, 1.82) is 0 Å². The number of alkyl carbamates (subject to hydrolysis) is 2. The molecule has 0 saturated heterocycles. The molecule has 0 unspecified atom stereocenters. The highest BCUT2D eigenvalue weighted by atomic mass is 28.4. The first-order valence-corrected chi connectivity index (χ1v) is 43.2. The summed E-state index contributed by atoms with van der Waals surface area (Å²) in [5.41, 5.74) is 5.28. The molecule has 26 heteroatoms. The van der Waals surface area contributed by atoms with E-state index in [-0.39, 0.29) is 48.0 Å². The van der Waals surface area contributed by atoms with Crippen LogP contribution in [0.3, 0.4) is 0 Å². The minimum absolute atomic E-state index is 0.0509. The molecule has 2 aliphatic heterocycles. The largest absolute Gasteiger partial charge is 0.530 e. The number of carbonyl (C=O) groups is 4. The van der Waals surface area contributed by atoms with Crippen LogP contribution in [-0.2, 0) is 61.4 Å². The average molecular weight is 1530 g/mol. The van der Waals surface area contributed by atoms with Gasteiger partial charge in [-0.1, -0.05) is 142 Å². The van der Waals surface area contributed by atoms with E-state index in [2.05, 4.69) is 113 Å². The van der Waals surface area contributed by atoms with Crippen LogP contribution < -0.4 is 38.8 Å². The van der Waals surface area contributed by atoms with Crippen LogP contribution in [0.5, 0.6) is 23.3 Å². The molecule has 0 bridgehead atoms. The summed E-state index contributed by atoms with van der Waals surface area (Å²) in [6.45, 7) is 48.7. The van der Waals surface area contributed by atoms with Crippen molar-refractivity contribution in [3.05, 3.63) is 189 Å². The summed E-state index contributed by atoms with van der Waals surface area (Å²) in [6.07, 6.45) is 2.58. The van der Waals surface area contributed by atoms with Crippen LogP contribution >= 0.6 is 0 Å². The van der Waals surface area contributed by atoms with Crippen molar-refractivity contribution in [3.8, 4) is 23.3 Å². The number of rotatable bonds is 24. The lowest BCUT2D eigenvalue weighted by molar-refractivity contribution is -0.122. The molecular formula is C83H110F2N12O10Si2. The van der Waals surface area contributed by atoms with Gasteiger partial charge in [0.05, 0.1) is 47.2 Å². The first-order valence-electron chi connectivity index (χ1n) is 37.3. The normalized spacial score (nSPS) is 15.6. The van der Waals surface area contributed by atoms with Crippen molar-refractivity contribution in [2.75, 3.05) is 22.9 Å². The molecule has 2 aliphatic rings. The van der Waals surface area contributed by atoms with Crippen LogP contribution in [0.25, 0.3) is 0 Å². The van der Waals surface area contributed by atoms with E-state index < -0.39 is 92.3 Å². The Balaban J connectivity index is 0.800. The molecule has 4 aromatic carbocycles. The number of nitrogens with zero attached hydrogens (tertiary/aromatic N) is 10. The summed E-state index contributed by atoms with van der Waals surface area (Å²) >= 11 is 0. The molecule has 8 aromatic rings. The number of fused-ring (bicyclic) bond motifs is 2. The minimum atomic E-state index is -2.43. The van der Waals surface area contributed by atoms with Gasteiger partial charge in [0.2, 0.25) is 11.8 Å². The van der Waals surface area contributed by atoms with Crippen LogP contribution in [-0.4, -0.2) is 117 Å². The molecule has 10 rings (SSSR count). The minimum Gasteiger partial charge on any atom is -0.530 e. The molecule has 0 saturated carbocycles. The third kappa shape index (κ3) is 19.2. The van der Waals surface area contributed by atoms with Gasteiger partial charge in [0.25, 0.3) is 28.4 Å². The van der Waals surface area contributed by atoms with Crippen molar-refractivity contribution in [1.82, 2.24) is 50.6 Å². The molecule has 0 radical (unpaired) electrons. The Hall–Kier alpha value is -9.57. The second kappa shape index (κ2) is 30.7. The average Bonchev–Trinajstić information content (AvgIpc) is 1.61. The van der Waals surface area contributed by atoms with Gasteiger partial charge in [0.1, 0.15) is 71.0 Å². The Morgan fingerprint density at radius 3 is 1.15 bits per heavy atom. The van der Waals surface area contributed by atoms with Gasteiger partial charge < -0.3 is 48.2 Å². The third-order valence-corrected chi connectivity index (χ3v) is 29.9. The lowest BCUT2D eigenvalue weighted by atomic mass is 9.78. The molecule has 109 heavy (non-hydrogen) atoms. The molecule has 0 spiro atoms. The van der Waals surface area contributed by atoms with E-state index in [0.717, 1.165) is 33.4 Å². The van der Waals surface area contributed by atoms with Crippen molar-refractivity contribution in [2.24, 2.45) is 0 Å². The Labute approximate surface area is 643 Å². The van der Waals surface area contributed by atoms with E-state index >= 15 is 9.59 Å². The lowest BCUT2D eigenvalue weighted by Gasteiger charge is -2.36. The SMILES string of the molecule is C[C@H]([C@H](NC(=O)OC(C)(C)C)C(=O)N1CC(C)(C)c2nc(O[Si](C)(C)C(C)(C)C)c(Cc3ccc(F)cc3)cc21)n1cc(COc2ccc(C(C)(C)c3ccc(OCc4cn([C@H](C)[C@H](NC(=O)OC(C)(C)C)C(=O)N5CC(C)(C)c6nc(O[Si](C)(C)C(C)(C)C)c(Cc7ccc(F)cc7)cc65)nn4)cc3)cc2)nn1. The Morgan fingerprint density at radius 2 is 0.835 bits per heavy atom. The van der Waals surface area contributed by atoms with Gasteiger partial charge in [-0.25, -0.2) is 37.7 Å². The second-order valence-corrected chi connectivity index (χ2v) is 45.4. The van der Waals surface area contributed by atoms with E-state index in [0.29, 0.717) is 70.3 Å². The Kier molecular flexibility index (Phi) is 23.1. The Morgan fingerprint density at radius 1 is 0.505 bits per heavy atom. The fourth-order valence-electron chi connectivity index (χ4n) is 12.7. The predicted octanol–water partition coefficient (Wildman–Crippen LogP) is 16.9. The van der Waals surface area contributed by atoms with E-state index in [1.165, 1.54) is 24.3 Å². The zero-order valence-corrected chi connectivity index (χ0v) is 69.9. The zero-order valence-electron chi connectivity index (χ0n) is 67.9. The second-order valence-electron chi connectivity index (χ2n) is 35.9. The number of ether oxygens (including phenoxy) is 4. The van der Waals surface area contributed by atoms with Crippen LogP contribution in [0.2, 0.25) is 36.3 Å². The number of aromatic nitrogens is 8. The maximum atomic E-state index is 15.3. The molecule has 6 heterocycles. The number of benzene rings is 4. The topological polar surface area (TPSA) is 241 Å². The highest BCUT2D eigenvalue weighted by Crippen LogP contribution is 2.48. The van der Waals surface area contributed by atoms with Crippen molar-refractivity contribution < 1.29 is 55.8 Å².